The fourth-order valence-corrected chi connectivity index (χ4v) is 1.93. The van der Waals surface area contributed by atoms with Gasteiger partial charge in [0, 0.05) is 24.9 Å². The molecular formula is C15H18N2. The van der Waals surface area contributed by atoms with Crippen LogP contribution in [0.5, 0.6) is 0 Å². The molecule has 1 aromatic heterocycles. The summed E-state index contributed by atoms with van der Waals surface area (Å²) in [4.78, 5) is 4.38. The van der Waals surface area contributed by atoms with Crippen molar-refractivity contribution in [2.24, 2.45) is 0 Å². The minimum Gasteiger partial charge on any atom is -0.316 e. The van der Waals surface area contributed by atoms with Crippen molar-refractivity contribution in [2.75, 3.05) is 7.05 Å². The molecule has 0 unspecified atom stereocenters. The molecule has 2 rings (SSSR count). The maximum absolute atomic E-state index is 4.38. The summed E-state index contributed by atoms with van der Waals surface area (Å²) in [5, 5.41) is 3.18. The number of aryl methyl sites for hydroxylation is 1. The summed E-state index contributed by atoms with van der Waals surface area (Å²) >= 11 is 0. The van der Waals surface area contributed by atoms with E-state index in [2.05, 4.69) is 41.5 Å². The Hall–Kier alpha value is -1.67. The second-order valence-electron chi connectivity index (χ2n) is 4.29. The molecule has 17 heavy (non-hydrogen) atoms. The standard InChI is InChI=1S/C15H18N2/c1-12-6-7-13(11-16-2)9-14(12)10-15-5-3-4-8-17-15/h3-9,16H,10-11H2,1-2H3. The van der Waals surface area contributed by atoms with Gasteiger partial charge in [0.15, 0.2) is 0 Å². The Morgan fingerprint density at radius 3 is 2.76 bits per heavy atom. The van der Waals surface area contributed by atoms with E-state index in [-0.39, 0.29) is 0 Å². The number of benzene rings is 1. The predicted molar refractivity (Wildman–Crippen MR) is 71.0 cm³/mol. The van der Waals surface area contributed by atoms with Gasteiger partial charge in [-0.25, -0.2) is 0 Å². The van der Waals surface area contributed by atoms with Gasteiger partial charge in [-0.05, 0) is 42.8 Å². The third-order valence-electron chi connectivity index (χ3n) is 2.89. The summed E-state index contributed by atoms with van der Waals surface area (Å²) in [6, 6.07) is 12.7. The summed E-state index contributed by atoms with van der Waals surface area (Å²) in [6.07, 6.45) is 2.76. The highest BCUT2D eigenvalue weighted by molar-refractivity contribution is 5.34. The Labute approximate surface area is 103 Å². The van der Waals surface area contributed by atoms with Crippen molar-refractivity contribution < 1.29 is 0 Å². The fraction of sp³-hybridized carbons (Fsp3) is 0.267. The molecule has 2 heteroatoms. The van der Waals surface area contributed by atoms with Crippen LogP contribution >= 0.6 is 0 Å². The number of rotatable bonds is 4. The van der Waals surface area contributed by atoms with Crippen molar-refractivity contribution in [2.45, 2.75) is 19.9 Å². The van der Waals surface area contributed by atoms with Gasteiger partial charge in [0.2, 0.25) is 0 Å². The van der Waals surface area contributed by atoms with E-state index in [1.165, 1.54) is 16.7 Å². The molecule has 2 nitrogen and oxygen atoms in total. The van der Waals surface area contributed by atoms with Crippen molar-refractivity contribution >= 4 is 0 Å². The normalized spacial score (nSPS) is 10.5. The minimum atomic E-state index is 0.907. The first-order valence-corrected chi connectivity index (χ1v) is 5.92. The van der Waals surface area contributed by atoms with Crippen molar-refractivity contribution in [1.82, 2.24) is 10.3 Å². The first kappa shape index (κ1) is 11.8. The van der Waals surface area contributed by atoms with Gasteiger partial charge >= 0.3 is 0 Å². The fourth-order valence-electron chi connectivity index (χ4n) is 1.93. The second-order valence-corrected chi connectivity index (χ2v) is 4.29. The SMILES string of the molecule is CNCc1ccc(C)c(Cc2ccccn2)c1. The maximum atomic E-state index is 4.38. The molecule has 0 aliphatic carbocycles. The predicted octanol–water partition coefficient (Wildman–Crippen LogP) is 2.70. The van der Waals surface area contributed by atoms with Gasteiger partial charge in [0.25, 0.3) is 0 Å². The maximum Gasteiger partial charge on any atom is 0.0447 e. The molecule has 88 valence electrons. The zero-order chi connectivity index (χ0) is 12.1. The molecule has 0 saturated heterocycles. The Balaban J connectivity index is 2.22. The lowest BCUT2D eigenvalue weighted by Crippen LogP contribution is -2.06. The van der Waals surface area contributed by atoms with E-state index in [1.807, 2.05) is 25.4 Å². The molecule has 0 radical (unpaired) electrons. The lowest BCUT2D eigenvalue weighted by molar-refractivity contribution is 0.815. The molecule has 0 aliphatic rings. The lowest BCUT2D eigenvalue weighted by Gasteiger charge is -2.08. The number of nitrogens with one attached hydrogen (secondary N) is 1. The Morgan fingerprint density at radius 2 is 2.06 bits per heavy atom. The Kier molecular flexibility index (Phi) is 3.89. The molecule has 1 aromatic carbocycles. The molecule has 0 bridgehead atoms. The minimum absolute atomic E-state index is 0.907. The van der Waals surface area contributed by atoms with Crippen molar-refractivity contribution in [3.05, 3.63) is 65.0 Å². The zero-order valence-corrected chi connectivity index (χ0v) is 10.4. The van der Waals surface area contributed by atoms with Crippen LogP contribution in [-0.4, -0.2) is 12.0 Å². The largest absolute Gasteiger partial charge is 0.316 e. The smallest absolute Gasteiger partial charge is 0.0447 e. The molecule has 1 heterocycles. The van der Waals surface area contributed by atoms with Gasteiger partial charge in [-0.3, -0.25) is 4.98 Å². The van der Waals surface area contributed by atoms with Crippen LogP contribution in [0.4, 0.5) is 0 Å². The number of pyridine rings is 1. The number of hydrogen-bond acceptors (Lipinski definition) is 2. The third kappa shape index (κ3) is 3.14. The van der Waals surface area contributed by atoms with Crippen LogP contribution < -0.4 is 5.32 Å². The first-order chi connectivity index (χ1) is 8.29. The average molecular weight is 226 g/mol. The van der Waals surface area contributed by atoms with Crippen LogP contribution in [0.3, 0.4) is 0 Å². The Morgan fingerprint density at radius 1 is 1.18 bits per heavy atom. The van der Waals surface area contributed by atoms with Gasteiger partial charge < -0.3 is 5.32 Å². The molecule has 0 amide bonds. The molecule has 0 fully saturated rings. The number of hydrogen-bond donors (Lipinski definition) is 1. The van der Waals surface area contributed by atoms with Crippen LogP contribution in [0.25, 0.3) is 0 Å². The summed E-state index contributed by atoms with van der Waals surface area (Å²) in [7, 11) is 1.97. The summed E-state index contributed by atoms with van der Waals surface area (Å²) < 4.78 is 0. The van der Waals surface area contributed by atoms with E-state index in [4.69, 9.17) is 0 Å². The van der Waals surface area contributed by atoms with Crippen LogP contribution in [0.1, 0.15) is 22.4 Å². The summed E-state index contributed by atoms with van der Waals surface area (Å²) in [5.41, 5.74) is 5.13. The van der Waals surface area contributed by atoms with E-state index in [0.29, 0.717) is 0 Å². The van der Waals surface area contributed by atoms with Crippen LogP contribution in [0, 0.1) is 6.92 Å². The van der Waals surface area contributed by atoms with Crippen LogP contribution in [0.15, 0.2) is 42.6 Å². The lowest BCUT2D eigenvalue weighted by atomic mass is 10.0. The first-order valence-electron chi connectivity index (χ1n) is 5.92. The molecular weight excluding hydrogens is 208 g/mol. The van der Waals surface area contributed by atoms with E-state index in [0.717, 1.165) is 18.7 Å². The highest BCUT2D eigenvalue weighted by atomic mass is 14.8. The van der Waals surface area contributed by atoms with E-state index in [1.54, 1.807) is 0 Å². The van der Waals surface area contributed by atoms with Crippen LogP contribution in [0.2, 0.25) is 0 Å². The van der Waals surface area contributed by atoms with Crippen molar-refractivity contribution in [1.29, 1.82) is 0 Å². The summed E-state index contributed by atoms with van der Waals surface area (Å²) in [5.74, 6) is 0. The van der Waals surface area contributed by atoms with Gasteiger partial charge in [-0.1, -0.05) is 24.3 Å². The van der Waals surface area contributed by atoms with Crippen molar-refractivity contribution in [3.63, 3.8) is 0 Å². The average Bonchev–Trinajstić information content (AvgIpc) is 2.35. The van der Waals surface area contributed by atoms with E-state index >= 15 is 0 Å². The second kappa shape index (κ2) is 5.60. The Bertz CT molecular complexity index is 478. The molecule has 0 aliphatic heterocycles. The molecule has 0 atom stereocenters. The van der Waals surface area contributed by atoms with Gasteiger partial charge in [0.1, 0.15) is 0 Å². The van der Waals surface area contributed by atoms with Gasteiger partial charge in [-0.2, -0.15) is 0 Å². The van der Waals surface area contributed by atoms with E-state index < -0.39 is 0 Å². The summed E-state index contributed by atoms with van der Waals surface area (Å²) in [6.45, 7) is 3.07. The molecule has 2 aromatic rings. The number of aromatic nitrogens is 1. The van der Waals surface area contributed by atoms with Crippen molar-refractivity contribution in [3.8, 4) is 0 Å². The van der Waals surface area contributed by atoms with Crippen LogP contribution in [-0.2, 0) is 13.0 Å². The molecule has 1 N–H and O–H groups in total. The van der Waals surface area contributed by atoms with Gasteiger partial charge in [0.05, 0.1) is 0 Å². The quantitative estimate of drug-likeness (QED) is 0.867. The van der Waals surface area contributed by atoms with Gasteiger partial charge in [-0.15, -0.1) is 0 Å². The topological polar surface area (TPSA) is 24.9 Å². The van der Waals surface area contributed by atoms with E-state index in [9.17, 15) is 0 Å². The highest BCUT2D eigenvalue weighted by Gasteiger charge is 2.02. The highest BCUT2D eigenvalue weighted by Crippen LogP contribution is 2.14. The molecule has 0 saturated carbocycles. The molecule has 0 spiro atoms. The monoisotopic (exact) mass is 226 g/mol. The third-order valence-corrected chi connectivity index (χ3v) is 2.89. The number of nitrogens with zero attached hydrogens (tertiary/aromatic N) is 1. The zero-order valence-electron chi connectivity index (χ0n) is 10.4.